The minimum absolute atomic E-state index is 0.0899. The van der Waals surface area contributed by atoms with Gasteiger partial charge in [-0.1, -0.05) is 42.5 Å². The molecule has 2 aromatic rings. The van der Waals surface area contributed by atoms with E-state index in [0.29, 0.717) is 6.42 Å². The van der Waals surface area contributed by atoms with Gasteiger partial charge in [0.25, 0.3) is 0 Å². The summed E-state index contributed by atoms with van der Waals surface area (Å²) in [6.45, 7) is 4.12. The van der Waals surface area contributed by atoms with Crippen LogP contribution in [0.4, 0.5) is 0 Å². The molecule has 2 aromatic carbocycles. The molecule has 0 saturated heterocycles. The van der Waals surface area contributed by atoms with Gasteiger partial charge in [-0.2, -0.15) is 0 Å². The molecule has 0 aliphatic rings. The molecule has 2 heteroatoms. The van der Waals surface area contributed by atoms with Crippen molar-refractivity contribution in [2.75, 3.05) is 6.61 Å². The average molecular weight is 254 g/mol. The third-order valence-electron chi connectivity index (χ3n) is 2.98. The number of carbonyl (C=O) groups is 1. The zero-order chi connectivity index (χ0) is 13.7. The quantitative estimate of drug-likeness (QED) is 0.816. The zero-order valence-corrected chi connectivity index (χ0v) is 11.3. The number of carbonyl (C=O) groups excluding carboxylic acids is 1. The van der Waals surface area contributed by atoms with E-state index in [2.05, 4.69) is 0 Å². The maximum absolute atomic E-state index is 11.9. The Labute approximate surface area is 114 Å². The maximum Gasteiger partial charge on any atom is 0.174 e. The summed E-state index contributed by atoms with van der Waals surface area (Å²) in [6, 6.07) is 15.7. The van der Waals surface area contributed by atoms with Crippen LogP contribution in [-0.4, -0.2) is 12.4 Å². The minimum Gasteiger partial charge on any atom is -0.486 e. The highest BCUT2D eigenvalue weighted by molar-refractivity contribution is 5.82. The van der Waals surface area contributed by atoms with E-state index in [1.165, 1.54) is 0 Å². The van der Waals surface area contributed by atoms with E-state index in [1.807, 2.05) is 62.4 Å². The molecule has 0 aromatic heterocycles. The minimum atomic E-state index is 0.0899. The largest absolute Gasteiger partial charge is 0.486 e. The standard InChI is InChI=1S/C17H18O2/c1-13-8-9-14(2)17(10-13)19-12-16(18)11-15-6-4-3-5-7-15/h3-10H,11-12H2,1-2H3. The Morgan fingerprint density at radius 2 is 1.79 bits per heavy atom. The number of hydrogen-bond donors (Lipinski definition) is 0. The Balaban J connectivity index is 1.92. The normalized spacial score (nSPS) is 10.2. The molecular formula is C17H18O2. The summed E-state index contributed by atoms with van der Waals surface area (Å²) in [5.41, 5.74) is 3.21. The fraction of sp³-hybridized carbons (Fsp3) is 0.235. The molecule has 2 nitrogen and oxygen atoms in total. The summed E-state index contributed by atoms with van der Waals surface area (Å²) in [5, 5.41) is 0. The summed E-state index contributed by atoms with van der Waals surface area (Å²) in [6.07, 6.45) is 0.422. The molecule has 0 aliphatic carbocycles. The highest BCUT2D eigenvalue weighted by atomic mass is 16.5. The molecule has 0 radical (unpaired) electrons. The number of rotatable bonds is 5. The molecule has 0 bridgehead atoms. The van der Waals surface area contributed by atoms with Crippen molar-refractivity contribution in [1.29, 1.82) is 0 Å². The number of ketones is 1. The van der Waals surface area contributed by atoms with Crippen molar-refractivity contribution in [3.05, 3.63) is 65.2 Å². The second-order valence-corrected chi connectivity index (χ2v) is 4.76. The summed E-state index contributed by atoms with van der Waals surface area (Å²) in [4.78, 5) is 11.9. The predicted molar refractivity (Wildman–Crippen MR) is 76.6 cm³/mol. The van der Waals surface area contributed by atoms with Crippen molar-refractivity contribution in [2.24, 2.45) is 0 Å². The molecule has 0 amide bonds. The van der Waals surface area contributed by atoms with Crippen LogP contribution in [0.1, 0.15) is 16.7 Å². The smallest absolute Gasteiger partial charge is 0.174 e. The van der Waals surface area contributed by atoms with E-state index >= 15 is 0 Å². The van der Waals surface area contributed by atoms with E-state index in [9.17, 15) is 4.79 Å². The number of benzene rings is 2. The van der Waals surface area contributed by atoms with E-state index in [4.69, 9.17) is 4.74 Å². The summed E-state index contributed by atoms with van der Waals surface area (Å²) in [7, 11) is 0. The van der Waals surface area contributed by atoms with Crippen molar-refractivity contribution < 1.29 is 9.53 Å². The van der Waals surface area contributed by atoms with Crippen molar-refractivity contribution in [2.45, 2.75) is 20.3 Å². The van der Waals surface area contributed by atoms with Gasteiger partial charge >= 0.3 is 0 Å². The van der Waals surface area contributed by atoms with Crippen LogP contribution in [0.25, 0.3) is 0 Å². The Kier molecular flexibility index (Phi) is 4.35. The SMILES string of the molecule is Cc1ccc(C)c(OCC(=O)Cc2ccccc2)c1. The van der Waals surface area contributed by atoms with Gasteiger partial charge < -0.3 is 4.74 Å². The van der Waals surface area contributed by atoms with Gasteiger partial charge in [0.15, 0.2) is 5.78 Å². The number of aryl methyl sites for hydroxylation is 2. The van der Waals surface area contributed by atoms with Gasteiger partial charge in [0.05, 0.1) is 0 Å². The Morgan fingerprint density at radius 3 is 2.53 bits per heavy atom. The molecule has 0 heterocycles. The fourth-order valence-corrected chi connectivity index (χ4v) is 1.90. The van der Waals surface area contributed by atoms with Crippen molar-refractivity contribution >= 4 is 5.78 Å². The summed E-state index contributed by atoms with van der Waals surface area (Å²) in [5.74, 6) is 0.883. The van der Waals surface area contributed by atoms with E-state index in [0.717, 1.165) is 22.4 Å². The highest BCUT2D eigenvalue weighted by Crippen LogP contribution is 2.19. The first-order valence-corrected chi connectivity index (χ1v) is 6.41. The van der Waals surface area contributed by atoms with Gasteiger partial charge in [-0.05, 0) is 36.6 Å². The lowest BCUT2D eigenvalue weighted by molar-refractivity contribution is -0.120. The molecule has 0 aliphatic heterocycles. The van der Waals surface area contributed by atoms with Gasteiger partial charge in [-0.3, -0.25) is 4.79 Å². The third kappa shape index (κ3) is 3.95. The predicted octanol–water partition coefficient (Wildman–Crippen LogP) is 3.49. The van der Waals surface area contributed by atoms with Crippen LogP contribution < -0.4 is 4.74 Å². The Hall–Kier alpha value is -2.09. The van der Waals surface area contributed by atoms with E-state index < -0.39 is 0 Å². The molecule has 19 heavy (non-hydrogen) atoms. The second-order valence-electron chi connectivity index (χ2n) is 4.76. The highest BCUT2D eigenvalue weighted by Gasteiger charge is 2.06. The average Bonchev–Trinajstić information content (AvgIpc) is 2.41. The molecule has 0 atom stereocenters. The monoisotopic (exact) mass is 254 g/mol. The van der Waals surface area contributed by atoms with Gasteiger partial charge in [-0.15, -0.1) is 0 Å². The third-order valence-corrected chi connectivity index (χ3v) is 2.98. The van der Waals surface area contributed by atoms with Crippen LogP contribution >= 0.6 is 0 Å². The zero-order valence-electron chi connectivity index (χ0n) is 11.3. The summed E-state index contributed by atoms with van der Waals surface area (Å²) >= 11 is 0. The van der Waals surface area contributed by atoms with Crippen LogP contribution in [0.2, 0.25) is 0 Å². The Morgan fingerprint density at radius 1 is 1.05 bits per heavy atom. The summed E-state index contributed by atoms with van der Waals surface area (Å²) < 4.78 is 5.60. The molecule has 0 unspecified atom stereocenters. The lowest BCUT2D eigenvalue weighted by atomic mass is 10.1. The lowest BCUT2D eigenvalue weighted by Gasteiger charge is -2.09. The van der Waals surface area contributed by atoms with Crippen LogP contribution in [0, 0.1) is 13.8 Å². The van der Waals surface area contributed by atoms with Crippen molar-refractivity contribution in [3.63, 3.8) is 0 Å². The molecular weight excluding hydrogens is 236 g/mol. The molecule has 2 rings (SSSR count). The van der Waals surface area contributed by atoms with Crippen LogP contribution in [-0.2, 0) is 11.2 Å². The molecule has 98 valence electrons. The first kappa shape index (κ1) is 13.3. The number of ether oxygens (including phenoxy) is 1. The molecule has 0 saturated carbocycles. The Bertz CT molecular complexity index is 559. The van der Waals surface area contributed by atoms with Crippen LogP contribution in [0.5, 0.6) is 5.75 Å². The van der Waals surface area contributed by atoms with Gasteiger partial charge in [0, 0.05) is 6.42 Å². The second kappa shape index (κ2) is 6.19. The maximum atomic E-state index is 11.9. The number of Topliss-reactive ketones (excluding diaryl/α,β-unsaturated/α-hetero) is 1. The fourth-order valence-electron chi connectivity index (χ4n) is 1.90. The molecule has 0 spiro atoms. The molecule has 0 fully saturated rings. The number of hydrogen-bond acceptors (Lipinski definition) is 2. The van der Waals surface area contributed by atoms with Gasteiger partial charge in [0.2, 0.25) is 0 Å². The molecule has 0 N–H and O–H groups in total. The van der Waals surface area contributed by atoms with Crippen molar-refractivity contribution in [3.8, 4) is 5.75 Å². The van der Waals surface area contributed by atoms with E-state index in [1.54, 1.807) is 0 Å². The van der Waals surface area contributed by atoms with Crippen LogP contribution in [0.15, 0.2) is 48.5 Å². The van der Waals surface area contributed by atoms with Gasteiger partial charge in [-0.25, -0.2) is 0 Å². The first-order chi connectivity index (χ1) is 9.15. The van der Waals surface area contributed by atoms with Crippen molar-refractivity contribution in [1.82, 2.24) is 0 Å². The topological polar surface area (TPSA) is 26.3 Å². The lowest BCUT2D eigenvalue weighted by Crippen LogP contribution is -2.14. The van der Waals surface area contributed by atoms with Gasteiger partial charge in [0.1, 0.15) is 12.4 Å². The van der Waals surface area contributed by atoms with Crippen LogP contribution in [0.3, 0.4) is 0 Å². The first-order valence-electron chi connectivity index (χ1n) is 6.41. The van der Waals surface area contributed by atoms with E-state index in [-0.39, 0.29) is 12.4 Å².